The third-order valence-corrected chi connectivity index (χ3v) is 4.06. The number of carbonyl (C=O) groups excluding carboxylic acids is 3. The van der Waals surface area contributed by atoms with Gasteiger partial charge in [-0.2, -0.15) is 0 Å². The van der Waals surface area contributed by atoms with Crippen LogP contribution in [0.1, 0.15) is 19.4 Å². The predicted molar refractivity (Wildman–Crippen MR) is 104 cm³/mol. The molecule has 1 heterocycles. The summed E-state index contributed by atoms with van der Waals surface area (Å²) < 4.78 is 20.6. The molecule has 0 fully saturated rings. The monoisotopic (exact) mass is 404 g/mol. The van der Waals surface area contributed by atoms with Crippen LogP contribution in [0.4, 0.5) is 4.79 Å². The summed E-state index contributed by atoms with van der Waals surface area (Å²) in [4.78, 5) is 36.0. The SMILES string of the molecule is CCOC(=O)C1=C(COC(=O)/C=C/c2cc(OC)ccc2OC)NC(=O)N[C@@H]1C. The molecule has 1 aromatic carbocycles. The van der Waals surface area contributed by atoms with E-state index >= 15 is 0 Å². The largest absolute Gasteiger partial charge is 0.497 e. The lowest BCUT2D eigenvalue weighted by Gasteiger charge is -2.26. The molecular formula is C20H24N2O7. The molecule has 2 rings (SSSR count). The number of carbonyl (C=O) groups is 3. The average Bonchev–Trinajstić information content (AvgIpc) is 2.70. The quantitative estimate of drug-likeness (QED) is 0.502. The molecule has 0 aromatic heterocycles. The van der Waals surface area contributed by atoms with E-state index in [-0.39, 0.29) is 24.5 Å². The van der Waals surface area contributed by atoms with Crippen molar-refractivity contribution in [2.75, 3.05) is 27.4 Å². The summed E-state index contributed by atoms with van der Waals surface area (Å²) in [7, 11) is 3.05. The topological polar surface area (TPSA) is 112 Å². The predicted octanol–water partition coefficient (Wildman–Crippen LogP) is 1.78. The van der Waals surface area contributed by atoms with Crippen molar-refractivity contribution in [2.45, 2.75) is 19.9 Å². The van der Waals surface area contributed by atoms with E-state index in [1.807, 2.05) is 0 Å². The van der Waals surface area contributed by atoms with E-state index in [2.05, 4.69) is 10.6 Å². The molecule has 0 bridgehead atoms. The van der Waals surface area contributed by atoms with E-state index in [9.17, 15) is 14.4 Å². The second-order valence-electron chi connectivity index (χ2n) is 5.98. The molecule has 0 aliphatic carbocycles. The van der Waals surface area contributed by atoms with Crippen molar-refractivity contribution in [1.29, 1.82) is 0 Å². The van der Waals surface area contributed by atoms with E-state index < -0.39 is 24.0 Å². The number of hydrogen-bond donors (Lipinski definition) is 2. The van der Waals surface area contributed by atoms with Gasteiger partial charge in [0.25, 0.3) is 0 Å². The van der Waals surface area contributed by atoms with Crippen molar-refractivity contribution in [1.82, 2.24) is 10.6 Å². The highest BCUT2D eigenvalue weighted by molar-refractivity contribution is 5.95. The zero-order chi connectivity index (χ0) is 21.4. The van der Waals surface area contributed by atoms with Gasteiger partial charge in [0, 0.05) is 11.6 Å². The van der Waals surface area contributed by atoms with Crippen LogP contribution in [0.2, 0.25) is 0 Å². The summed E-state index contributed by atoms with van der Waals surface area (Å²) in [6, 6.07) is 4.09. The van der Waals surface area contributed by atoms with E-state index in [0.29, 0.717) is 17.1 Å². The second kappa shape index (κ2) is 10.2. The fourth-order valence-electron chi connectivity index (χ4n) is 2.71. The number of hydrogen-bond acceptors (Lipinski definition) is 7. The van der Waals surface area contributed by atoms with Gasteiger partial charge in [-0.1, -0.05) is 0 Å². The third kappa shape index (κ3) is 5.74. The fraction of sp³-hybridized carbons (Fsp3) is 0.350. The van der Waals surface area contributed by atoms with Crippen LogP contribution in [0.15, 0.2) is 35.5 Å². The molecule has 9 heteroatoms. The molecule has 1 atom stereocenters. The molecule has 156 valence electrons. The Morgan fingerprint density at radius 1 is 1.17 bits per heavy atom. The summed E-state index contributed by atoms with van der Waals surface area (Å²) in [5.41, 5.74) is 1.01. The van der Waals surface area contributed by atoms with Gasteiger partial charge < -0.3 is 29.6 Å². The maximum absolute atomic E-state index is 12.2. The summed E-state index contributed by atoms with van der Waals surface area (Å²) in [5.74, 6) is -0.0859. The van der Waals surface area contributed by atoms with Crippen LogP contribution in [0.3, 0.4) is 0 Å². The first-order chi connectivity index (χ1) is 13.9. The number of methoxy groups -OCH3 is 2. The summed E-state index contributed by atoms with van der Waals surface area (Å²) >= 11 is 0. The number of esters is 2. The first-order valence-corrected chi connectivity index (χ1v) is 8.94. The molecule has 0 radical (unpaired) electrons. The Kier molecular flexibility index (Phi) is 7.64. The summed E-state index contributed by atoms with van der Waals surface area (Å²) in [6.07, 6.45) is 2.74. The summed E-state index contributed by atoms with van der Waals surface area (Å²) in [6.45, 7) is 3.21. The van der Waals surface area contributed by atoms with Gasteiger partial charge in [0.1, 0.15) is 18.1 Å². The van der Waals surface area contributed by atoms with Gasteiger partial charge in [-0.25, -0.2) is 14.4 Å². The van der Waals surface area contributed by atoms with Gasteiger partial charge in [-0.05, 0) is 38.1 Å². The smallest absolute Gasteiger partial charge is 0.338 e. The maximum Gasteiger partial charge on any atom is 0.338 e. The van der Waals surface area contributed by atoms with Gasteiger partial charge in [-0.15, -0.1) is 0 Å². The van der Waals surface area contributed by atoms with Crippen molar-refractivity contribution in [3.63, 3.8) is 0 Å². The Labute approximate surface area is 168 Å². The highest BCUT2D eigenvalue weighted by Gasteiger charge is 2.30. The molecule has 1 aliphatic rings. The molecule has 0 saturated heterocycles. The van der Waals surface area contributed by atoms with Crippen LogP contribution in [0, 0.1) is 0 Å². The Morgan fingerprint density at radius 3 is 2.59 bits per heavy atom. The Balaban J connectivity index is 2.12. The number of urea groups is 1. The molecular weight excluding hydrogens is 380 g/mol. The van der Waals surface area contributed by atoms with Gasteiger partial charge in [-0.3, -0.25) is 0 Å². The molecule has 2 N–H and O–H groups in total. The molecule has 2 amide bonds. The lowest BCUT2D eigenvalue weighted by Crippen LogP contribution is -2.50. The van der Waals surface area contributed by atoms with Crippen LogP contribution in [-0.2, 0) is 19.1 Å². The number of benzene rings is 1. The minimum Gasteiger partial charge on any atom is -0.497 e. The normalized spacial score (nSPS) is 16.1. The lowest BCUT2D eigenvalue weighted by molar-refractivity contribution is -0.140. The standard InChI is InChI=1S/C20H24N2O7/c1-5-28-19(24)18-12(2)21-20(25)22-15(18)11-29-17(23)9-6-13-10-14(26-3)7-8-16(13)27-4/h6-10,12H,5,11H2,1-4H3,(H2,21,22,25)/b9-6+/t12-/m1/s1. The highest BCUT2D eigenvalue weighted by Crippen LogP contribution is 2.25. The van der Waals surface area contributed by atoms with Gasteiger partial charge >= 0.3 is 18.0 Å². The van der Waals surface area contributed by atoms with E-state index in [1.165, 1.54) is 26.4 Å². The van der Waals surface area contributed by atoms with Gasteiger partial charge in [0.05, 0.1) is 38.1 Å². The third-order valence-electron chi connectivity index (χ3n) is 4.06. The van der Waals surface area contributed by atoms with E-state index in [0.717, 1.165) is 0 Å². The molecule has 1 aromatic rings. The molecule has 0 saturated carbocycles. The molecule has 0 unspecified atom stereocenters. The average molecular weight is 404 g/mol. The number of ether oxygens (including phenoxy) is 4. The second-order valence-corrected chi connectivity index (χ2v) is 5.98. The zero-order valence-corrected chi connectivity index (χ0v) is 16.7. The first-order valence-electron chi connectivity index (χ1n) is 8.94. The number of nitrogens with one attached hydrogen (secondary N) is 2. The van der Waals surface area contributed by atoms with Crippen LogP contribution >= 0.6 is 0 Å². The Morgan fingerprint density at radius 2 is 1.93 bits per heavy atom. The number of amides is 2. The van der Waals surface area contributed by atoms with Gasteiger partial charge in [0.15, 0.2) is 0 Å². The van der Waals surface area contributed by atoms with Crippen LogP contribution in [0.5, 0.6) is 11.5 Å². The van der Waals surface area contributed by atoms with Gasteiger partial charge in [0.2, 0.25) is 0 Å². The zero-order valence-electron chi connectivity index (χ0n) is 16.7. The molecule has 1 aliphatic heterocycles. The molecule has 0 spiro atoms. The molecule has 29 heavy (non-hydrogen) atoms. The minimum absolute atomic E-state index is 0.181. The van der Waals surface area contributed by atoms with E-state index in [4.69, 9.17) is 18.9 Å². The summed E-state index contributed by atoms with van der Waals surface area (Å²) in [5, 5.41) is 5.06. The van der Waals surface area contributed by atoms with Crippen molar-refractivity contribution < 1.29 is 33.3 Å². The van der Waals surface area contributed by atoms with Crippen molar-refractivity contribution in [3.8, 4) is 11.5 Å². The first kappa shape index (κ1) is 21.8. The van der Waals surface area contributed by atoms with Crippen LogP contribution in [-0.4, -0.2) is 51.4 Å². The Bertz CT molecular complexity index is 845. The number of rotatable bonds is 8. The maximum atomic E-state index is 12.2. The van der Waals surface area contributed by atoms with E-state index in [1.54, 1.807) is 32.0 Å². The minimum atomic E-state index is -0.661. The highest BCUT2D eigenvalue weighted by atomic mass is 16.5. The van der Waals surface area contributed by atoms with Crippen molar-refractivity contribution in [2.24, 2.45) is 0 Å². The Hall–Kier alpha value is -3.49. The van der Waals surface area contributed by atoms with Crippen LogP contribution < -0.4 is 20.1 Å². The van der Waals surface area contributed by atoms with Crippen LogP contribution in [0.25, 0.3) is 6.08 Å². The van der Waals surface area contributed by atoms with Crippen molar-refractivity contribution >= 4 is 24.0 Å². The molecule has 9 nitrogen and oxygen atoms in total. The lowest BCUT2D eigenvalue weighted by atomic mass is 10.0. The van der Waals surface area contributed by atoms with Crippen molar-refractivity contribution in [3.05, 3.63) is 41.1 Å². The fourth-order valence-corrected chi connectivity index (χ4v) is 2.71.